The second-order valence-corrected chi connectivity index (χ2v) is 4.43. The van der Waals surface area contributed by atoms with Gasteiger partial charge in [0.1, 0.15) is 0 Å². The van der Waals surface area contributed by atoms with Crippen molar-refractivity contribution in [2.45, 2.75) is 6.92 Å². The number of carbonyl (C=O) groups excluding carboxylic acids is 1. The highest BCUT2D eigenvalue weighted by atomic mass is 16.2. The van der Waals surface area contributed by atoms with E-state index < -0.39 is 0 Å². The van der Waals surface area contributed by atoms with Crippen LogP contribution in [0.5, 0.6) is 0 Å². The number of benzene rings is 1. The molecule has 0 spiro atoms. The molecule has 4 nitrogen and oxygen atoms in total. The number of carbonyl (C=O) groups is 1. The summed E-state index contributed by atoms with van der Waals surface area (Å²) in [6.45, 7) is 1.95. The summed E-state index contributed by atoms with van der Waals surface area (Å²) in [5.41, 5.74) is 1.91. The minimum atomic E-state index is 0.0567. The fourth-order valence-electron chi connectivity index (χ4n) is 2.37. The first-order valence-electron chi connectivity index (χ1n) is 5.60. The summed E-state index contributed by atoms with van der Waals surface area (Å²) in [7, 11) is 5.76. The number of hydrogen-bond donors (Lipinski definition) is 0. The van der Waals surface area contributed by atoms with Crippen LogP contribution < -0.4 is 4.70 Å². The van der Waals surface area contributed by atoms with Gasteiger partial charge in [0, 0.05) is 26.2 Å². The molecule has 4 heteroatoms. The number of quaternary nitrogens is 1. The molecule has 2 rings (SSSR count). The molecule has 0 aliphatic carbocycles. The van der Waals surface area contributed by atoms with Crippen LogP contribution >= 0.6 is 0 Å². The van der Waals surface area contributed by atoms with Gasteiger partial charge in [-0.1, -0.05) is 18.2 Å². The standard InChI is InChI=1S/C13H18N3O/c1-11-10-13(17)16(14(2)3,15(11)4)12-8-6-5-7-9-12/h5-10H,1-4H3/q+1. The van der Waals surface area contributed by atoms with Crippen LogP contribution in [0.25, 0.3) is 0 Å². The van der Waals surface area contributed by atoms with Gasteiger partial charge in [0.05, 0.1) is 18.8 Å². The van der Waals surface area contributed by atoms with Crippen LogP contribution in [0, 0.1) is 0 Å². The van der Waals surface area contributed by atoms with Crippen molar-refractivity contribution in [3.63, 3.8) is 0 Å². The Hall–Kier alpha value is -1.65. The normalized spacial score (nSPS) is 24.4. The Morgan fingerprint density at radius 3 is 2.18 bits per heavy atom. The molecule has 1 amide bonds. The average Bonchev–Trinajstić information content (AvgIpc) is 2.52. The van der Waals surface area contributed by atoms with Crippen LogP contribution in [0.3, 0.4) is 0 Å². The summed E-state index contributed by atoms with van der Waals surface area (Å²) in [4.78, 5) is 12.4. The summed E-state index contributed by atoms with van der Waals surface area (Å²) >= 11 is 0. The number of hydrogen-bond acceptors (Lipinski definition) is 3. The van der Waals surface area contributed by atoms with Gasteiger partial charge in [-0.3, -0.25) is 0 Å². The van der Waals surface area contributed by atoms with Crippen LogP contribution in [-0.2, 0) is 4.79 Å². The van der Waals surface area contributed by atoms with Gasteiger partial charge < -0.3 is 0 Å². The number of para-hydroxylation sites is 1. The third-order valence-electron chi connectivity index (χ3n) is 3.28. The summed E-state index contributed by atoms with van der Waals surface area (Å²) < 4.78 is 0.0900. The lowest BCUT2D eigenvalue weighted by Crippen LogP contribution is -2.66. The van der Waals surface area contributed by atoms with Crippen LogP contribution in [-0.4, -0.2) is 37.1 Å². The first-order chi connectivity index (χ1) is 8.01. The van der Waals surface area contributed by atoms with E-state index in [2.05, 4.69) is 0 Å². The summed E-state index contributed by atoms with van der Waals surface area (Å²) in [6, 6.07) is 9.80. The van der Waals surface area contributed by atoms with Gasteiger partial charge >= 0.3 is 5.91 Å². The third kappa shape index (κ3) is 1.49. The SMILES string of the molecule is CC1=CC(=O)[N+](c2ccccc2)(N(C)C)N1C. The summed E-state index contributed by atoms with van der Waals surface area (Å²) in [5, 5.41) is 3.88. The highest BCUT2D eigenvalue weighted by Crippen LogP contribution is 2.33. The van der Waals surface area contributed by atoms with Crippen molar-refractivity contribution in [2.75, 3.05) is 21.1 Å². The Morgan fingerprint density at radius 2 is 1.76 bits per heavy atom. The summed E-state index contributed by atoms with van der Waals surface area (Å²) in [5.74, 6) is 0.0567. The van der Waals surface area contributed by atoms with Gasteiger partial charge in [-0.05, 0) is 11.6 Å². The zero-order valence-corrected chi connectivity index (χ0v) is 10.7. The second kappa shape index (κ2) is 3.98. The molecule has 0 N–H and O–H groups in total. The van der Waals surface area contributed by atoms with Gasteiger partial charge in [-0.2, -0.15) is 5.01 Å². The molecule has 1 aromatic rings. The van der Waals surface area contributed by atoms with Crippen LogP contribution in [0.2, 0.25) is 0 Å². The van der Waals surface area contributed by atoms with Crippen molar-refractivity contribution < 1.29 is 4.79 Å². The summed E-state index contributed by atoms with van der Waals surface area (Å²) in [6.07, 6.45) is 1.69. The maximum Gasteiger partial charge on any atom is 0.389 e. The molecule has 1 aromatic carbocycles. The van der Waals surface area contributed by atoms with Gasteiger partial charge in [0.2, 0.25) is 0 Å². The predicted molar refractivity (Wildman–Crippen MR) is 68.5 cm³/mol. The number of rotatable bonds is 2. The molecule has 0 saturated carbocycles. The van der Waals surface area contributed by atoms with Crippen molar-refractivity contribution in [1.29, 1.82) is 0 Å². The van der Waals surface area contributed by atoms with Crippen LogP contribution in [0.4, 0.5) is 5.69 Å². The Bertz CT molecular complexity index is 467. The molecular formula is C13H18N3O+. The van der Waals surface area contributed by atoms with E-state index in [9.17, 15) is 4.79 Å². The monoisotopic (exact) mass is 232 g/mol. The average molecular weight is 232 g/mol. The maximum atomic E-state index is 12.4. The smallest absolute Gasteiger partial charge is 0.221 e. The van der Waals surface area contributed by atoms with E-state index >= 15 is 0 Å². The molecule has 90 valence electrons. The molecule has 1 heterocycles. The Balaban J connectivity index is 2.61. The second-order valence-electron chi connectivity index (χ2n) is 4.43. The van der Waals surface area contributed by atoms with E-state index in [0.29, 0.717) is 0 Å². The fourth-order valence-corrected chi connectivity index (χ4v) is 2.37. The topological polar surface area (TPSA) is 23.6 Å². The molecule has 0 radical (unpaired) electrons. The van der Waals surface area contributed by atoms with E-state index in [1.165, 1.54) is 0 Å². The quantitative estimate of drug-likeness (QED) is 0.726. The van der Waals surface area contributed by atoms with Crippen molar-refractivity contribution in [3.8, 4) is 0 Å². The molecule has 1 aliphatic rings. The highest BCUT2D eigenvalue weighted by molar-refractivity contribution is 5.98. The van der Waals surface area contributed by atoms with Crippen molar-refractivity contribution in [3.05, 3.63) is 42.1 Å². The van der Waals surface area contributed by atoms with E-state index in [4.69, 9.17) is 0 Å². The first-order valence-corrected chi connectivity index (χ1v) is 5.60. The molecule has 1 unspecified atom stereocenters. The lowest BCUT2D eigenvalue weighted by atomic mass is 10.3. The van der Waals surface area contributed by atoms with Gasteiger partial charge in [0.25, 0.3) is 0 Å². The Morgan fingerprint density at radius 1 is 1.18 bits per heavy atom. The van der Waals surface area contributed by atoms with Crippen LogP contribution in [0.15, 0.2) is 42.1 Å². The highest BCUT2D eigenvalue weighted by Gasteiger charge is 2.50. The molecular weight excluding hydrogens is 214 g/mol. The number of amides is 1. The van der Waals surface area contributed by atoms with Crippen LogP contribution in [0.1, 0.15) is 6.92 Å². The lowest BCUT2D eigenvalue weighted by Gasteiger charge is -2.40. The Labute approximate surface area is 102 Å². The molecule has 0 saturated heterocycles. The zero-order valence-electron chi connectivity index (χ0n) is 10.7. The predicted octanol–water partition coefficient (Wildman–Crippen LogP) is 1.76. The first kappa shape index (κ1) is 11.8. The Kier molecular flexibility index (Phi) is 2.77. The fraction of sp³-hybridized carbons (Fsp3) is 0.308. The van der Waals surface area contributed by atoms with Gasteiger partial charge in [-0.15, -0.1) is 5.01 Å². The van der Waals surface area contributed by atoms with Crippen molar-refractivity contribution in [2.24, 2.45) is 0 Å². The molecule has 0 aromatic heterocycles. The van der Waals surface area contributed by atoms with Crippen molar-refractivity contribution in [1.82, 2.24) is 14.7 Å². The number of allylic oxidation sites excluding steroid dienone is 1. The largest absolute Gasteiger partial charge is 0.389 e. The minimum Gasteiger partial charge on any atom is -0.221 e. The molecule has 1 aliphatic heterocycles. The molecule has 0 bridgehead atoms. The van der Waals surface area contributed by atoms with Gasteiger partial charge in [0.15, 0.2) is 5.69 Å². The van der Waals surface area contributed by atoms with Gasteiger partial charge in [-0.25, -0.2) is 4.79 Å². The minimum absolute atomic E-state index is 0.0567. The van der Waals surface area contributed by atoms with E-state index in [1.807, 2.05) is 68.4 Å². The van der Waals surface area contributed by atoms with E-state index in [-0.39, 0.29) is 10.6 Å². The third-order valence-corrected chi connectivity index (χ3v) is 3.28. The zero-order chi connectivity index (χ0) is 12.6. The molecule has 1 atom stereocenters. The number of nitrogens with zero attached hydrogens (tertiary/aromatic N) is 3. The maximum absolute atomic E-state index is 12.4. The van der Waals surface area contributed by atoms with E-state index in [1.54, 1.807) is 6.08 Å². The van der Waals surface area contributed by atoms with Crippen molar-refractivity contribution >= 4 is 11.6 Å². The van der Waals surface area contributed by atoms with E-state index in [0.717, 1.165) is 11.4 Å². The molecule has 0 fully saturated rings. The lowest BCUT2D eigenvalue weighted by molar-refractivity contribution is -0.159. The molecule has 17 heavy (non-hydrogen) atoms.